The molecular weight excluding hydrogens is 295 g/mol. The number of hydrogen-bond donors (Lipinski definition) is 0. The Morgan fingerprint density at radius 2 is 1.86 bits per heavy atom. The van der Waals surface area contributed by atoms with E-state index in [2.05, 4.69) is 0 Å². The Kier molecular flexibility index (Phi) is 3.52. The number of halogens is 3. The van der Waals surface area contributed by atoms with E-state index >= 15 is 0 Å². The van der Waals surface area contributed by atoms with Crippen LogP contribution in [0.1, 0.15) is 17.3 Å². The van der Waals surface area contributed by atoms with Crippen LogP contribution in [0.25, 0.3) is 0 Å². The summed E-state index contributed by atoms with van der Waals surface area (Å²) in [7, 11) is 0. The number of carbonyl (C=O) groups is 1. The number of fused-ring (bicyclic) bond motifs is 1. The fraction of sp³-hybridized carbons (Fsp3) is 0.188. The summed E-state index contributed by atoms with van der Waals surface area (Å²) in [5.41, 5.74) is -0.0437. The standard InChI is InChI=1S/C16H12F3NO2/c1-9-8-22-13-5-3-2-4-12(13)20(9)16(21)10-6-7-11(17)15(19)14(10)18/h2-7,9H,8H2,1H3. The Hall–Kier alpha value is -2.50. The minimum atomic E-state index is -1.65. The fourth-order valence-corrected chi connectivity index (χ4v) is 2.43. The topological polar surface area (TPSA) is 29.5 Å². The molecule has 0 saturated heterocycles. The van der Waals surface area contributed by atoms with Crippen LogP contribution in [0.2, 0.25) is 0 Å². The van der Waals surface area contributed by atoms with Crippen LogP contribution < -0.4 is 9.64 Å². The van der Waals surface area contributed by atoms with Gasteiger partial charge in [-0.3, -0.25) is 9.69 Å². The average Bonchev–Trinajstić information content (AvgIpc) is 2.52. The molecule has 1 heterocycles. The first-order valence-electron chi connectivity index (χ1n) is 6.69. The molecule has 0 fully saturated rings. The lowest BCUT2D eigenvalue weighted by atomic mass is 10.1. The number of amides is 1. The molecule has 0 aromatic heterocycles. The minimum absolute atomic E-state index is 0.230. The molecule has 0 N–H and O–H groups in total. The van der Waals surface area contributed by atoms with Crippen molar-refractivity contribution in [3.8, 4) is 5.75 Å². The predicted molar refractivity (Wildman–Crippen MR) is 74.5 cm³/mol. The highest BCUT2D eigenvalue weighted by Gasteiger charge is 2.32. The number of para-hydroxylation sites is 2. The van der Waals surface area contributed by atoms with Gasteiger partial charge in [0.05, 0.1) is 17.3 Å². The molecule has 2 aromatic rings. The SMILES string of the molecule is CC1COc2ccccc2N1C(=O)c1ccc(F)c(F)c1F. The molecule has 0 aliphatic carbocycles. The summed E-state index contributed by atoms with van der Waals surface area (Å²) in [5.74, 6) is -4.72. The lowest BCUT2D eigenvalue weighted by Crippen LogP contribution is -2.45. The number of rotatable bonds is 1. The van der Waals surface area contributed by atoms with Crippen molar-refractivity contribution in [1.82, 2.24) is 0 Å². The molecule has 0 saturated carbocycles. The molecule has 2 aromatic carbocycles. The molecule has 1 aliphatic rings. The van der Waals surface area contributed by atoms with E-state index in [0.29, 0.717) is 11.4 Å². The summed E-state index contributed by atoms with van der Waals surface area (Å²) in [4.78, 5) is 13.9. The molecule has 6 heteroatoms. The third-order valence-electron chi connectivity index (χ3n) is 3.53. The summed E-state index contributed by atoms with van der Waals surface area (Å²) in [6.07, 6.45) is 0. The molecule has 114 valence electrons. The Bertz CT molecular complexity index is 748. The van der Waals surface area contributed by atoms with E-state index in [1.165, 1.54) is 4.90 Å². The summed E-state index contributed by atoms with van der Waals surface area (Å²) in [6.45, 7) is 1.96. The third-order valence-corrected chi connectivity index (χ3v) is 3.53. The Morgan fingerprint density at radius 1 is 1.14 bits per heavy atom. The van der Waals surface area contributed by atoms with Crippen molar-refractivity contribution < 1.29 is 22.7 Å². The van der Waals surface area contributed by atoms with Crippen LogP contribution in [0.4, 0.5) is 18.9 Å². The van der Waals surface area contributed by atoms with Gasteiger partial charge in [-0.05, 0) is 31.2 Å². The largest absolute Gasteiger partial charge is 0.489 e. The van der Waals surface area contributed by atoms with Gasteiger partial charge in [-0.15, -0.1) is 0 Å². The van der Waals surface area contributed by atoms with Crippen LogP contribution in [-0.4, -0.2) is 18.6 Å². The lowest BCUT2D eigenvalue weighted by Gasteiger charge is -2.35. The Morgan fingerprint density at radius 3 is 2.64 bits per heavy atom. The first-order chi connectivity index (χ1) is 10.5. The summed E-state index contributed by atoms with van der Waals surface area (Å²) >= 11 is 0. The minimum Gasteiger partial charge on any atom is -0.489 e. The van der Waals surface area contributed by atoms with Crippen molar-refractivity contribution in [3.63, 3.8) is 0 Å². The zero-order valence-corrected chi connectivity index (χ0v) is 11.6. The second-order valence-corrected chi connectivity index (χ2v) is 5.03. The van der Waals surface area contributed by atoms with Crippen molar-refractivity contribution in [1.29, 1.82) is 0 Å². The normalized spacial score (nSPS) is 16.9. The molecule has 1 unspecified atom stereocenters. The van der Waals surface area contributed by atoms with Crippen molar-refractivity contribution >= 4 is 11.6 Å². The monoisotopic (exact) mass is 307 g/mol. The van der Waals surface area contributed by atoms with Gasteiger partial charge < -0.3 is 4.74 Å². The quantitative estimate of drug-likeness (QED) is 0.754. The van der Waals surface area contributed by atoms with E-state index in [1.807, 2.05) is 0 Å². The smallest absolute Gasteiger partial charge is 0.261 e. The summed E-state index contributed by atoms with van der Waals surface area (Å²) in [5, 5.41) is 0. The molecule has 22 heavy (non-hydrogen) atoms. The van der Waals surface area contributed by atoms with Crippen molar-refractivity contribution in [2.45, 2.75) is 13.0 Å². The first kappa shape index (κ1) is 14.4. The maximum atomic E-state index is 13.9. The van der Waals surface area contributed by atoms with Crippen LogP contribution in [-0.2, 0) is 0 Å². The van der Waals surface area contributed by atoms with Gasteiger partial charge in [0.1, 0.15) is 12.4 Å². The number of hydrogen-bond acceptors (Lipinski definition) is 2. The third kappa shape index (κ3) is 2.20. The van der Waals surface area contributed by atoms with Gasteiger partial charge in [-0.1, -0.05) is 12.1 Å². The van der Waals surface area contributed by atoms with Gasteiger partial charge in [0.15, 0.2) is 17.5 Å². The number of ether oxygens (including phenoxy) is 1. The molecule has 0 spiro atoms. The molecule has 3 rings (SSSR count). The second-order valence-electron chi connectivity index (χ2n) is 5.03. The lowest BCUT2D eigenvalue weighted by molar-refractivity contribution is 0.0956. The van der Waals surface area contributed by atoms with E-state index in [4.69, 9.17) is 4.74 Å². The van der Waals surface area contributed by atoms with E-state index in [-0.39, 0.29) is 12.6 Å². The van der Waals surface area contributed by atoms with E-state index in [0.717, 1.165) is 12.1 Å². The molecule has 1 amide bonds. The average molecular weight is 307 g/mol. The van der Waals surface area contributed by atoms with Gasteiger partial charge in [0, 0.05) is 0 Å². The van der Waals surface area contributed by atoms with Crippen molar-refractivity contribution in [2.75, 3.05) is 11.5 Å². The maximum absolute atomic E-state index is 13.9. The fourth-order valence-electron chi connectivity index (χ4n) is 2.43. The Balaban J connectivity index is 2.08. The second kappa shape index (κ2) is 5.36. The van der Waals surface area contributed by atoms with Crippen LogP contribution in [0.5, 0.6) is 5.75 Å². The van der Waals surface area contributed by atoms with Gasteiger partial charge >= 0.3 is 0 Å². The summed E-state index contributed by atoms with van der Waals surface area (Å²) in [6, 6.07) is 8.11. The zero-order chi connectivity index (χ0) is 15.9. The highest BCUT2D eigenvalue weighted by Crippen LogP contribution is 2.35. The van der Waals surface area contributed by atoms with Crippen LogP contribution in [0.3, 0.4) is 0 Å². The van der Waals surface area contributed by atoms with Gasteiger partial charge in [-0.25, -0.2) is 13.2 Å². The van der Waals surface area contributed by atoms with Gasteiger partial charge in [-0.2, -0.15) is 0 Å². The molecular formula is C16H12F3NO2. The highest BCUT2D eigenvalue weighted by atomic mass is 19.2. The highest BCUT2D eigenvalue weighted by molar-refractivity contribution is 6.07. The number of benzene rings is 2. The zero-order valence-electron chi connectivity index (χ0n) is 11.6. The number of nitrogens with zero attached hydrogens (tertiary/aromatic N) is 1. The molecule has 1 aliphatic heterocycles. The van der Waals surface area contributed by atoms with Crippen LogP contribution in [0.15, 0.2) is 36.4 Å². The Labute approximate surface area is 124 Å². The number of carbonyl (C=O) groups excluding carboxylic acids is 1. The first-order valence-corrected chi connectivity index (χ1v) is 6.69. The molecule has 1 atom stereocenters. The van der Waals surface area contributed by atoms with E-state index in [9.17, 15) is 18.0 Å². The molecule has 0 radical (unpaired) electrons. The van der Waals surface area contributed by atoms with E-state index < -0.39 is 28.9 Å². The predicted octanol–water partition coefficient (Wildman–Crippen LogP) is 3.53. The van der Waals surface area contributed by atoms with Crippen LogP contribution in [0, 0.1) is 17.5 Å². The number of anilines is 1. The summed E-state index contributed by atoms with van der Waals surface area (Å²) < 4.78 is 45.8. The molecule has 0 bridgehead atoms. The van der Waals surface area contributed by atoms with Crippen molar-refractivity contribution in [2.24, 2.45) is 0 Å². The maximum Gasteiger partial charge on any atom is 0.261 e. The van der Waals surface area contributed by atoms with Gasteiger partial charge in [0.2, 0.25) is 0 Å². The van der Waals surface area contributed by atoms with Crippen LogP contribution >= 0.6 is 0 Å². The van der Waals surface area contributed by atoms with Gasteiger partial charge in [0.25, 0.3) is 5.91 Å². The van der Waals surface area contributed by atoms with Crippen molar-refractivity contribution in [3.05, 3.63) is 59.4 Å². The molecule has 3 nitrogen and oxygen atoms in total. The van der Waals surface area contributed by atoms with E-state index in [1.54, 1.807) is 31.2 Å².